The van der Waals surface area contributed by atoms with Gasteiger partial charge in [0.05, 0.1) is 22.8 Å². The summed E-state index contributed by atoms with van der Waals surface area (Å²) in [5, 5.41) is 1.05. The van der Waals surface area contributed by atoms with Crippen LogP contribution in [0.1, 0.15) is 5.56 Å². The van der Waals surface area contributed by atoms with Crippen LogP contribution in [0.15, 0.2) is 121 Å². The van der Waals surface area contributed by atoms with E-state index in [1.807, 2.05) is 6.07 Å². The Bertz CT molecular complexity index is 1910. The monoisotopic (exact) mass is 508 g/mol. The first-order valence-electron chi connectivity index (χ1n) is 12.8. The van der Waals surface area contributed by atoms with Crippen molar-refractivity contribution in [3.05, 3.63) is 127 Å². The van der Waals surface area contributed by atoms with E-state index in [9.17, 15) is 0 Å². The third-order valence-corrected chi connectivity index (χ3v) is 8.39. The Morgan fingerprint density at radius 2 is 1.29 bits per heavy atom. The summed E-state index contributed by atoms with van der Waals surface area (Å²) in [6.45, 7) is 2.21. The third-order valence-electron chi connectivity index (χ3n) is 7.26. The molecular formula is C34H26N3S+. The molecule has 182 valence electrons. The van der Waals surface area contributed by atoms with Crippen molar-refractivity contribution in [1.82, 2.24) is 9.55 Å². The van der Waals surface area contributed by atoms with Gasteiger partial charge >= 0.3 is 0 Å². The van der Waals surface area contributed by atoms with E-state index < -0.39 is 0 Å². The lowest BCUT2D eigenvalue weighted by Crippen LogP contribution is -2.30. The van der Waals surface area contributed by atoms with E-state index in [0.29, 0.717) is 0 Å². The number of hydrogen-bond donors (Lipinski definition) is 0. The van der Waals surface area contributed by atoms with Crippen LogP contribution in [-0.4, -0.2) is 9.55 Å². The van der Waals surface area contributed by atoms with E-state index in [0.717, 1.165) is 27.6 Å². The van der Waals surface area contributed by atoms with Gasteiger partial charge in [0.25, 0.3) is 5.82 Å². The number of fused-ring (bicyclic) bond motifs is 2. The average Bonchev–Trinajstić information content (AvgIpc) is 3.54. The van der Waals surface area contributed by atoms with Crippen LogP contribution in [-0.2, 0) is 7.05 Å². The molecular weight excluding hydrogens is 482 g/mol. The van der Waals surface area contributed by atoms with Gasteiger partial charge < -0.3 is 0 Å². The first-order chi connectivity index (χ1) is 18.7. The lowest BCUT2D eigenvalue weighted by Gasteiger charge is -2.08. The van der Waals surface area contributed by atoms with E-state index in [4.69, 9.17) is 4.98 Å². The lowest BCUT2D eigenvalue weighted by molar-refractivity contribution is -0.633. The molecule has 7 aromatic rings. The standard InChI is InChI=1S/C34H26N3S/c1-23-17-22-28-32(38-33(35-28)26-13-7-4-8-14-26)31(23)34-36(2)29-15-9-10-16-30(29)37(34)27-20-18-25(19-21-27)24-11-5-3-6-12-24/h3-22H,1-2H3/q+1. The summed E-state index contributed by atoms with van der Waals surface area (Å²) in [4.78, 5) is 5.04. The largest absolute Gasteiger partial charge is 0.296 e. The van der Waals surface area contributed by atoms with E-state index >= 15 is 0 Å². The van der Waals surface area contributed by atoms with E-state index in [1.54, 1.807) is 11.3 Å². The fourth-order valence-corrected chi connectivity index (χ4v) is 6.53. The van der Waals surface area contributed by atoms with Gasteiger partial charge in [-0.3, -0.25) is 0 Å². The molecule has 0 fully saturated rings. The zero-order valence-electron chi connectivity index (χ0n) is 21.3. The number of aromatic nitrogens is 3. The topological polar surface area (TPSA) is 21.7 Å². The van der Waals surface area contributed by atoms with Crippen LogP contribution in [0.2, 0.25) is 0 Å². The molecule has 0 amide bonds. The van der Waals surface area contributed by atoms with Crippen LogP contribution in [0, 0.1) is 6.92 Å². The van der Waals surface area contributed by atoms with E-state index in [1.165, 1.54) is 38.0 Å². The zero-order valence-corrected chi connectivity index (χ0v) is 22.1. The minimum atomic E-state index is 1.03. The fraction of sp³-hybridized carbons (Fsp3) is 0.0588. The first-order valence-corrected chi connectivity index (χ1v) is 13.6. The quantitative estimate of drug-likeness (QED) is 0.219. The predicted molar refractivity (Wildman–Crippen MR) is 159 cm³/mol. The van der Waals surface area contributed by atoms with Gasteiger partial charge in [-0.25, -0.2) is 9.55 Å². The molecule has 0 saturated carbocycles. The molecule has 2 aromatic heterocycles. The molecule has 2 heterocycles. The number of thiazole rings is 1. The molecule has 3 nitrogen and oxygen atoms in total. The summed E-state index contributed by atoms with van der Waals surface area (Å²) >= 11 is 1.77. The summed E-state index contributed by atoms with van der Waals surface area (Å²) in [5.41, 5.74) is 10.6. The second kappa shape index (κ2) is 9.09. The van der Waals surface area contributed by atoms with Crippen LogP contribution in [0.3, 0.4) is 0 Å². The number of imidazole rings is 1. The van der Waals surface area contributed by atoms with Crippen LogP contribution in [0.5, 0.6) is 0 Å². The number of aryl methyl sites for hydroxylation is 2. The molecule has 4 heteroatoms. The summed E-state index contributed by atoms with van der Waals surface area (Å²) in [5.74, 6) is 1.16. The van der Waals surface area contributed by atoms with Gasteiger partial charge in [0.15, 0.2) is 11.0 Å². The average molecular weight is 509 g/mol. The van der Waals surface area contributed by atoms with Crippen molar-refractivity contribution in [1.29, 1.82) is 0 Å². The lowest BCUT2D eigenvalue weighted by atomic mass is 10.0. The van der Waals surface area contributed by atoms with Crippen LogP contribution < -0.4 is 4.57 Å². The van der Waals surface area contributed by atoms with Gasteiger partial charge in [-0.1, -0.05) is 91.0 Å². The SMILES string of the molecule is Cc1ccc2nc(-c3ccccc3)sc2c1-c1n(-c2ccc(-c3ccccc3)cc2)c2ccccc2[n+]1C. The van der Waals surface area contributed by atoms with Crippen LogP contribution in [0.4, 0.5) is 0 Å². The molecule has 0 radical (unpaired) electrons. The van der Waals surface area contributed by atoms with E-state index in [-0.39, 0.29) is 0 Å². The number of para-hydroxylation sites is 2. The van der Waals surface area contributed by atoms with Crippen molar-refractivity contribution in [2.45, 2.75) is 6.92 Å². The maximum atomic E-state index is 5.04. The highest BCUT2D eigenvalue weighted by molar-refractivity contribution is 7.22. The Hall–Kier alpha value is -4.54. The molecule has 0 bridgehead atoms. The van der Waals surface area contributed by atoms with Gasteiger partial charge in [0.2, 0.25) is 0 Å². The van der Waals surface area contributed by atoms with Crippen molar-refractivity contribution < 1.29 is 4.57 Å². The summed E-state index contributed by atoms with van der Waals surface area (Å²) in [7, 11) is 2.17. The molecule has 0 aliphatic heterocycles. The Balaban J connectivity index is 1.48. The molecule has 38 heavy (non-hydrogen) atoms. The van der Waals surface area contributed by atoms with Crippen LogP contribution >= 0.6 is 11.3 Å². The summed E-state index contributed by atoms with van der Waals surface area (Å²) in [6, 6.07) is 42.9. The maximum absolute atomic E-state index is 5.04. The second-order valence-electron chi connectivity index (χ2n) is 9.61. The number of rotatable bonds is 4. The van der Waals surface area contributed by atoms with Gasteiger partial charge in [-0.2, -0.15) is 4.57 Å². The molecule has 0 spiro atoms. The molecule has 0 aliphatic rings. The van der Waals surface area contributed by atoms with E-state index in [2.05, 4.69) is 138 Å². The Morgan fingerprint density at radius 1 is 0.658 bits per heavy atom. The van der Waals surface area contributed by atoms with Crippen molar-refractivity contribution in [2.24, 2.45) is 7.05 Å². The second-order valence-corrected chi connectivity index (χ2v) is 10.6. The molecule has 0 N–H and O–H groups in total. The molecule has 0 aliphatic carbocycles. The smallest absolute Gasteiger partial charge is 0.236 e. The van der Waals surface area contributed by atoms with Gasteiger partial charge in [0.1, 0.15) is 10.7 Å². The Kier molecular flexibility index (Phi) is 5.41. The number of benzene rings is 5. The normalized spacial score (nSPS) is 11.4. The van der Waals surface area contributed by atoms with Crippen molar-refractivity contribution in [2.75, 3.05) is 0 Å². The molecule has 5 aromatic carbocycles. The minimum absolute atomic E-state index is 1.03. The summed E-state index contributed by atoms with van der Waals surface area (Å²) in [6.07, 6.45) is 0. The molecule has 0 atom stereocenters. The maximum Gasteiger partial charge on any atom is 0.296 e. The minimum Gasteiger partial charge on any atom is -0.236 e. The van der Waals surface area contributed by atoms with Crippen LogP contribution in [0.25, 0.3) is 60.0 Å². The van der Waals surface area contributed by atoms with Gasteiger partial charge in [-0.05, 0) is 53.9 Å². The zero-order chi connectivity index (χ0) is 25.6. The van der Waals surface area contributed by atoms with Gasteiger partial charge in [0, 0.05) is 5.56 Å². The number of hydrogen-bond acceptors (Lipinski definition) is 2. The molecule has 0 saturated heterocycles. The first kappa shape index (κ1) is 22.6. The highest BCUT2D eigenvalue weighted by atomic mass is 32.1. The fourth-order valence-electron chi connectivity index (χ4n) is 5.36. The van der Waals surface area contributed by atoms with Gasteiger partial charge in [-0.15, -0.1) is 11.3 Å². The molecule has 0 unspecified atom stereocenters. The highest BCUT2D eigenvalue weighted by Gasteiger charge is 2.29. The van der Waals surface area contributed by atoms with Crippen molar-refractivity contribution in [3.8, 4) is 38.8 Å². The van der Waals surface area contributed by atoms with Crippen molar-refractivity contribution >= 4 is 32.6 Å². The Morgan fingerprint density at radius 3 is 2.03 bits per heavy atom. The highest BCUT2D eigenvalue weighted by Crippen LogP contribution is 2.40. The molecule has 7 rings (SSSR count). The Labute approximate surface area is 225 Å². The predicted octanol–water partition coefficient (Wildman–Crippen LogP) is 8.37. The number of nitrogens with zero attached hydrogens (tertiary/aromatic N) is 3. The van der Waals surface area contributed by atoms with Crippen molar-refractivity contribution in [3.63, 3.8) is 0 Å². The summed E-state index contributed by atoms with van der Waals surface area (Å²) < 4.78 is 5.93. The third kappa shape index (κ3) is 3.65.